The molecule has 4 nitrogen and oxygen atoms in total. The Kier molecular flexibility index (Phi) is 6.09. The molecule has 0 radical (unpaired) electrons. The van der Waals surface area contributed by atoms with Crippen molar-refractivity contribution in [2.24, 2.45) is 0 Å². The van der Waals surface area contributed by atoms with Gasteiger partial charge in [0.1, 0.15) is 0 Å². The van der Waals surface area contributed by atoms with Gasteiger partial charge in [-0.25, -0.2) is 0 Å². The fourth-order valence-electron chi connectivity index (χ4n) is 2.39. The summed E-state index contributed by atoms with van der Waals surface area (Å²) in [5.74, 6) is 0.0242. The number of halogens is 2. The van der Waals surface area contributed by atoms with Gasteiger partial charge in [0.05, 0.1) is 23.3 Å². The second kappa shape index (κ2) is 7.64. The lowest BCUT2D eigenvalue weighted by molar-refractivity contribution is -0.122. The summed E-state index contributed by atoms with van der Waals surface area (Å²) in [7, 11) is 0. The van der Waals surface area contributed by atoms with Gasteiger partial charge < -0.3 is 15.4 Å². The maximum Gasteiger partial charge on any atom is 0.221 e. The molecule has 0 aromatic heterocycles. The predicted octanol–water partition coefficient (Wildman–Crippen LogP) is 2.77. The molecule has 1 unspecified atom stereocenters. The number of ether oxygens (including phenoxy) is 1. The van der Waals surface area contributed by atoms with E-state index in [-0.39, 0.29) is 17.4 Å². The van der Waals surface area contributed by atoms with Crippen LogP contribution in [-0.4, -0.2) is 38.3 Å². The highest BCUT2D eigenvalue weighted by Crippen LogP contribution is 2.29. The minimum atomic E-state index is -0.222. The molecule has 1 heterocycles. The van der Waals surface area contributed by atoms with Gasteiger partial charge >= 0.3 is 0 Å². The number of benzene rings is 1. The summed E-state index contributed by atoms with van der Waals surface area (Å²) in [6, 6.07) is 5.68. The molecule has 122 valence electrons. The molecule has 6 heteroatoms. The molecule has 1 aliphatic heterocycles. The Hall–Kier alpha value is -0.810. The zero-order valence-electron chi connectivity index (χ0n) is 12.9. The van der Waals surface area contributed by atoms with E-state index < -0.39 is 0 Å². The quantitative estimate of drug-likeness (QED) is 0.863. The van der Waals surface area contributed by atoms with E-state index in [1.165, 1.54) is 0 Å². The third kappa shape index (κ3) is 4.85. The van der Waals surface area contributed by atoms with E-state index in [9.17, 15) is 4.79 Å². The largest absolute Gasteiger partial charge is 0.378 e. The fourth-order valence-corrected chi connectivity index (χ4v) is 2.68. The van der Waals surface area contributed by atoms with Crippen molar-refractivity contribution < 1.29 is 9.53 Å². The molecular formula is C16H22Cl2N2O2. The molecule has 1 saturated heterocycles. The fraction of sp³-hybridized carbons (Fsp3) is 0.562. The smallest absolute Gasteiger partial charge is 0.221 e. The monoisotopic (exact) mass is 344 g/mol. The van der Waals surface area contributed by atoms with Crippen LogP contribution in [0.4, 0.5) is 0 Å². The van der Waals surface area contributed by atoms with E-state index >= 15 is 0 Å². The second-order valence-electron chi connectivity index (χ2n) is 6.22. The highest BCUT2D eigenvalue weighted by atomic mass is 35.5. The van der Waals surface area contributed by atoms with Crippen molar-refractivity contribution in [2.75, 3.05) is 26.3 Å². The maximum absolute atomic E-state index is 12.1. The first-order valence-corrected chi connectivity index (χ1v) is 8.17. The third-order valence-corrected chi connectivity index (χ3v) is 4.60. The van der Waals surface area contributed by atoms with E-state index in [0.717, 1.165) is 12.1 Å². The predicted molar refractivity (Wildman–Crippen MR) is 89.7 cm³/mol. The van der Waals surface area contributed by atoms with Crippen LogP contribution in [0.1, 0.15) is 25.8 Å². The number of amides is 1. The molecule has 0 saturated carbocycles. The molecule has 1 aromatic rings. The highest BCUT2D eigenvalue weighted by molar-refractivity contribution is 6.42. The van der Waals surface area contributed by atoms with Gasteiger partial charge in [0.15, 0.2) is 0 Å². The topological polar surface area (TPSA) is 50.4 Å². The number of hydrogen-bond acceptors (Lipinski definition) is 3. The molecule has 1 atom stereocenters. The third-order valence-electron chi connectivity index (χ3n) is 3.86. The van der Waals surface area contributed by atoms with Gasteiger partial charge in [-0.3, -0.25) is 4.79 Å². The van der Waals surface area contributed by atoms with Gasteiger partial charge in [-0.2, -0.15) is 0 Å². The molecule has 22 heavy (non-hydrogen) atoms. The highest BCUT2D eigenvalue weighted by Gasteiger charge is 2.23. The number of rotatable bonds is 5. The van der Waals surface area contributed by atoms with Gasteiger partial charge in [0, 0.05) is 31.0 Å². The van der Waals surface area contributed by atoms with Gasteiger partial charge in [-0.15, -0.1) is 0 Å². The van der Waals surface area contributed by atoms with Crippen molar-refractivity contribution in [3.8, 4) is 0 Å². The van der Waals surface area contributed by atoms with E-state index in [2.05, 4.69) is 24.5 Å². The Labute approximate surface area is 141 Å². The summed E-state index contributed by atoms with van der Waals surface area (Å²) in [5, 5.41) is 7.33. The minimum Gasteiger partial charge on any atom is -0.378 e. The van der Waals surface area contributed by atoms with Crippen LogP contribution >= 0.6 is 23.2 Å². The number of morpholine rings is 1. The van der Waals surface area contributed by atoms with Crippen molar-refractivity contribution in [2.45, 2.75) is 31.7 Å². The summed E-state index contributed by atoms with van der Waals surface area (Å²) in [4.78, 5) is 12.1. The number of carbonyl (C=O) groups excluding carboxylic acids is 1. The normalized spacial score (nSPS) is 19.0. The number of carbonyl (C=O) groups is 1. The van der Waals surface area contributed by atoms with Crippen LogP contribution in [0, 0.1) is 0 Å². The summed E-state index contributed by atoms with van der Waals surface area (Å²) >= 11 is 12.0. The lowest BCUT2D eigenvalue weighted by Crippen LogP contribution is -2.45. The van der Waals surface area contributed by atoms with Crippen LogP contribution < -0.4 is 10.6 Å². The minimum absolute atomic E-state index is 0.0242. The lowest BCUT2D eigenvalue weighted by atomic mass is 9.84. The number of hydrogen-bond donors (Lipinski definition) is 2. The Morgan fingerprint density at radius 3 is 2.82 bits per heavy atom. The van der Waals surface area contributed by atoms with E-state index in [0.29, 0.717) is 36.2 Å². The van der Waals surface area contributed by atoms with Crippen molar-refractivity contribution in [3.63, 3.8) is 0 Å². The first-order valence-electron chi connectivity index (χ1n) is 7.42. The first-order chi connectivity index (χ1) is 10.4. The first kappa shape index (κ1) is 17.5. The van der Waals surface area contributed by atoms with Crippen LogP contribution in [0.15, 0.2) is 18.2 Å². The molecule has 0 aliphatic carbocycles. The van der Waals surface area contributed by atoms with Crippen LogP contribution in [0.2, 0.25) is 10.0 Å². The Morgan fingerprint density at radius 2 is 2.18 bits per heavy atom. The standard InChI is InChI=1S/C16H22Cl2N2O2/c1-16(2,11-3-4-13(17)14(18)7-11)10-20-15(21)8-12-9-22-6-5-19-12/h3-4,7,12,19H,5-6,8-10H2,1-2H3,(H,20,21). The summed E-state index contributed by atoms with van der Waals surface area (Å²) in [6.45, 7) is 6.76. The zero-order valence-corrected chi connectivity index (χ0v) is 14.4. The van der Waals surface area contributed by atoms with Gasteiger partial charge in [-0.05, 0) is 17.7 Å². The van der Waals surface area contributed by atoms with E-state index in [1.807, 2.05) is 12.1 Å². The summed E-state index contributed by atoms with van der Waals surface area (Å²) in [6.07, 6.45) is 0.428. The number of nitrogens with one attached hydrogen (secondary N) is 2. The average molecular weight is 345 g/mol. The van der Waals surface area contributed by atoms with Crippen LogP contribution in [0.25, 0.3) is 0 Å². The van der Waals surface area contributed by atoms with Crippen molar-refractivity contribution in [1.82, 2.24) is 10.6 Å². The van der Waals surface area contributed by atoms with E-state index in [1.54, 1.807) is 6.07 Å². The van der Waals surface area contributed by atoms with Gasteiger partial charge in [0.25, 0.3) is 0 Å². The summed E-state index contributed by atoms with van der Waals surface area (Å²) < 4.78 is 5.35. The molecule has 0 bridgehead atoms. The Bertz CT molecular complexity index is 529. The summed E-state index contributed by atoms with van der Waals surface area (Å²) in [5.41, 5.74) is 0.821. The van der Waals surface area contributed by atoms with Crippen LogP contribution in [0.3, 0.4) is 0 Å². The molecule has 0 spiro atoms. The molecule has 2 N–H and O–H groups in total. The molecule has 1 aromatic carbocycles. The Balaban J connectivity index is 1.88. The van der Waals surface area contributed by atoms with Gasteiger partial charge in [0.2, 0.25) is 5.91 Å². The Morgan fingerprint density at radius 1 is 1.41 bits per heavy atom. The molecule has 1 fully saturated rings. The molecule has 1 amide bonds. The van der Waals surface area contributed by atoms with Crippen molar-refractivity contribution in [1.29, 1.82) is 0 Å². The van der Waals surface area contributed by atoms with Crippen LogP contribution in [0.5, 0.6) is 0 Å². The molecule has 2 rings (SSSR count). The van der Waals surface area contributed by atoms with Gasteiger partial charge in [-0.1, -0.05) is 43.1 Å². The van der Waals surface area contributed by atoms with E-state index in [4.69, 9.17) is 27.9 Å². The van der Waals surface area contributed by atoms with Crippen molar-refractivity contribution in [3.05, 3.63) is 33.8 Å². The molecule has 1 aliphatic rings. The van der Waals surface area contributed by atoms with Crippen molar-refractivity contribution >= 4 is 29.1 Å². The zero-order chi connectivity index (χ0) is 16.2. The lowest BCUT2D eigenvalue weighted by Gasteiger charge is -2.27. The maximum atomic E-state index is 12.1. The van der Waals surface area contributed by atoms with Crippen LogP contribution in [-0.2, 0) is 14.9 Å². The average Bonchev–Trinajstić information content (AvgIpc) is 2.49. The molecular weight excluding hydrogens is 323 g/mol. The SMILES string of the molecule is CC(C)(CNC(=O)CC1COCCN1)c1ccc(Cl)c(Cl)c1. The second-order valence-corrected chi connectivity index (χ2v) is 7.03.